The van der Waals surface area contributed by atoms with Gasteiger partial charge in [-0.25, -0.2) is 0 Å². The molecule has 0 aliphatic carbocycles. The third-order valence-corrected chi connectivity index (χ3v) is 3.31. The summed E-state index contributed by atoms with van der Waals surface area (Å²) in [6.07, 6.45) is 4.49. The molecule has 108 valence electrons. The highest BCUT2D eigenvalue weighted by atomic mass is 35.5. The SMILES string of the molecule is CCCCOCCCNC(C)Cc1ccc(Cl)cc1. The summed E-state index contributed by atoms with van der Waals surface area (Å²) in [6.45, 7) is 7.17. The van der Waals surface area contributed by atoms with Crippen molar-refractivity contribution in [1.82, 2.24) is 5.32 Å². The molecule has 1 atom stereocenters. The van der Waals surface area contributed by atoms with Gasteiger partial charge in [-0.2, -0.15) is 0 Å². The summed E-state index contributed by atoms with van der Waals surface area (Å²) in [5.74, 6) is 0. The van der Waals surface area contributed by atoms with Gasteiger partial charge in [0.15, 0.2) is 0 Å². The van der Waals surface area contributed by atoms with E-state index in [9.17, 15) is 0 Å². The van der Waals surface area contributed by atoms with Gasteiger partial charge in [-0.1, -0.05) is 37.1 Å². The molecule has 2 nitrogen and oxygen atoms in total. The van der Waals surface area contributed by atoms with E-state index in [4.69, 9.17) is 16.3 Å². The molecule has 3 heteroatoms. The van der Waals surface area contributed by atoms with Crippen LogP contribution in [0.3, 0.4) is 0 Å². The molecule has 0 bridgehead atoms. The van der Waals surface area contributed by atoms with Crippen LogP contribution in [-0.4, -0.2) is 25.8 Å². The van der Waals surface area contributed by atoms with Gasteiger partial charge in [-0.05, 0) is 50.4 Å². The summed E-state index contributed by atoms with van der Waals surface area (Å²) in [6, 6.07) is 8.57. The minimum Gasteiger partial charge on any atom is -0.381 e. The van der Waals surface area contributed by atoms with Crippen molar-refractivity contribution in [3.63, 3.8) is 0 Å². The van der Waals surface area contributed by atoms with Crippen LogP contribution < -0.4 is 5.32 Å². The predicted octanol–water partition coefficient (Wildman–Crippen LogP) is 4.07. The summed E-state index contributed by atoms with van der Waals surface area (Å²) >= 11 is 5.87. The van der Waals surface area contributed by atoms with Gasteiger partial charge in [0.05, 0.1) is 0 Å². The van der Waals surface area contributed by atoms with Crippen LogP contribution >= 0.6 is 11.6 Å². The molecule has 0 aliphatic rings. The van der Waals surface area contributed by atoms with Gasteiger partial charge in [0.2, 0.25) is 0 Å². The van der Waals surface area contributed by atoms with Crippen LogP contribution in [0, 0.1) is 0 Å². The third-order valence-electron chi connectivity index (χ3n) is 3.06. The van der Waals surface area contributed by atoms with Crippen molar-refractivity contribution in [1.29, 1.82) is 0 Å². The molecule has 0 spiro atoms. The minimum atomic E-state index is 0.483. The summed E-state index contributed by atoms with van der Waals surface area (Å²) in [4.78, 5) is 0. The molecule has 1 aromatic rings. The normalized spacial score (nSPS) is 12.6. The Bertz CT molecular complexity index is 326. The molecule has 0 amide bonds. The molecule has 0 saturated heterocycles. The Morgan fingerprint density at radius 3 is 2.53 bits per heavy atom. The van der Waals surface area contributed by atoms with Crippen LogP contribution in [0.1, 0.15) is 38.7 Å². The Morgan fingerprint density at radius 2 is 1.84 bits per heavy atom. The maximum Gasteiger partial charge on any atom is 0.0478 e. The number of unbranched alkanes of at least 4 members (excludes halogenated alkanes) is 1. The Balaban J connectivity index is 2.04. The molecule has 0 fully saturated rings. The number of hydrogen-bond acceptors (Lipinski definition) is 2. The second-order valence-electron chi connectivity index (χ2n) is 5.01. The fraction of sp³-hybridized carbons (Fsp3) is 0.625. The van der Waals surface area contributed by atoms with E-state index in [0.717, 1.165) is 37.6 Å². The van der Waals surface area contributed by atoms with Crippen molar-refractivity contribution in [2.45, 2.75) is 45.6 Å². The summed E-state index contributed by atoms with van der Waals surface area (Å²) in [5.41, 5.74) is 1.32. The standard InChI is InChI=1S/C16H26ClNO/c1-3-4-11-19-12-5-10-18-14(2)13-15-6-8-16(17)9-7-15/h6-9,14,18H,3-5,10-13H2,1-2H3. The lowest BCUT2D eigenvalue weighted by molar-refractivity contribution is 0.128. The van der Waals surface area contributed by atoms with Crippen LogP contribution in [0.25, 0.3) is 0 Å². The molecule has 1 aromatic carbocycles. The molecule has 1 N–H and O–H groups in total. The lowest BCUT2D eigenvalue weighted by Gasteiger charge is -2.14. The quantitative estimate of drug-likeness (QED) is 0.654. The third kappa shape index (κ3) is 8.25. The van der Waals surface area contributed by atoms with Crippen molar-refractivity contribution in [3.05, 3.63) is 34.9 Å². The first kappa shape index (κ1) is 16.5. The molecule has 1 rings (SSSR count). The number of ether oxygens (including phenoxy) is 1. The average molecular weight is 284 g/mol. The second-order valence-corrected chi connectivity index (χ2v) is 5.44. The molecule has 0 heterocycles. The van der Waals surface area contributed by atoms with Gasteiger partial charge in [-0.15, -0.1) is 0 Å². The first-order valence-corrected chi connectivity index (χ1v) is 7.65. The van der Waals surface area contributed by atoms with Crippen molar-refractivity contribution >= 4 is 11.6 Å². The van der Waals surface area contributed by atoms with Gasteiger partial charge in [0.1, 0.15) is 0 Å². The van der Waals surface area contributed by atoms with Crippen LogP contribution in [0.2, 0.25) is 5.02 Å². The zero-order valence-corrected chi connectivity index (χ0v) is 12.9. The summed E-state index contributed by atoms with van der Waals surface area (Å²) in [5, 5.41) is 4.32. The van der Waals surface area contributed by atoms with Crippen molar-refractivity contribution in [3.8, 4) is 0 Å². The topological polar surface area (TPSA) is 21.3 Å². The first-order valence-electron chi connectivity index (χ1n) is 7.28. The van der Waals surface area contributed by atoms with Crippen molar-refractivity contribution in [2.24, 2.45) is 0 Å². The zero-order valence-electron chi connectivity index (χ0n) is 12.1. The van der Waals surface area contributed by atoms with Crippen molar-refractivity contribution in [2.75, 3.05) is 19.8 Å². The van der Waals surface area contributed by atoms with E-state index >= 15 is 0 Å². The number of halogens is 1. The van der Waals surface area contributed by atoms with E-state index in [0.29, 0.717) is 6.04 Å². The van der Waals surface area contributed by atoms with E-state index in [1.807, 2.05) is 12.1 Å². The maximum atomic E-state index is 5.87. The molecule has 0 aliphatic heterocycles. The molecule has 19 heavy (non-hydrogen) atoms. The highest BCUT2D eigenvalue weighted by Crippen LogP contribution is 2.10. The zero-order chi connectivity index (χ0) is 13.9. The van der Waals surface area contributed by atoms with Crippen LogP contribution in [0.4, 0.5) is 0 Å². The Labute approximate surface area is 122 Å². The fourth-order valence-corrected chi connectivity index (χ4v) is 2.04. The number of nitrogens with one attached hydrogen (secondary N) is 1. The molecule has 1 unspecified atom stereocenters. The number of benzene rings is 1. The largest absolute Gasteiger partial charge is 0.381 e. The Kier molecular flexibility index (Phi) is 8.89. The lowest BCUT2D eigenvalue weighted by Crippen LogP contribution is -2.29. The molecular weight excluding hydrogens is 258 g/mol. The van der Waals surface area contributed by atoms with Gasteiger partial charge < -0.3 is 10.1 Å². The van der Waals surface area contributed by atoms with Gasteiger partial charge in [-0.3, -0.25) is 0 Å². The molecule has 0 radical (unpaired) electrons. The highest BCUT2D eigenvalue weighted by molar-refractivity contribution is 6.30. The average Bonchev–Trinajstić information content (AvgIpc) is 2.40. The van der Waals surface area contributed by atoms with Gasteiger partial charge >= 0.3 is 0 Å². The van der Waals surface area contributed by atoms with Gasteiger partial charge in [0, 0.05) is 24.3 Å². The number of hydrogen-bond donors (Lipinski definition) is 1. The predicted molar refractivity (Wildman–Crippen MR) is 83.0 cm³/mol. The van der Waals surface area contributed by atoms with Crippen LogP contribution in [-0.2, 0) is 11.2 Å². The number of rotatable bonds is 10. The summed E-state index contributed by atoms with van der Waals surface area (Å²) < 4.78 is 5.53. The first-order chi connectivity index (χ1) is 9.22. The van der Waals surface area contributed by atoms with Gasteiger partial charge in [0.25, 0.3) is 0 Å². The van der Waals surface area contributed by atoms with Crippen LogP contribution in [0.5, 0.6) is 0 Å². The molecular formula is C16H26ClNO. The molecule has 0 saturated carbocycles. The molecule has 0 aromatic heterocycles. The van der Waals surface area contributed by atoms with E-state index in [1.54, 1.807) is 0 Å². The monoisotopic (exact) mass is 283 g/mol. The lowest BCUT2D eigenvalue weighted by atomic mass is 10.1. The second kappa shape index (κ2) is 10.2. The fourth-order valence-electron chi connectivity index (χ4n) is 1.92. The van der Waals surface area contributed by atoms with E-state index in [2.05, 4.69) is 31.3 Å². The van der Waals surface area contributed by atoms with Crippen molar-refractivity contribution < 1.29 is 4.74 Å². The van der Waals surface area contributed by atoms with E-state index in [1.165, 1.54) is 18.4 Å². The minimum absolute atomic E-state index is 0.483. The van der Waals surface area contributed by atoms with E-state index in [-0.39, 0.29) is 0 Å². The van der Waals surface area contributed by atoms with E-state index < -0.39 is 0 Å². The Morgan fingerprint density at radius 1 is 1.16 bits per heavy atom. The van der Waals surface area contributed by atoms with Crippen LogP contribution in [0.15, 0.2) is 24.3 Å². The summed E-state index contributed by atoms with van der Waals surface area (Å²) in [7, 11) is 0. The highest BCUT2D eigenvalue weighted by Gasteiger charge is 2.02. The smallest absolute Gasteiger partial charge is 0.0478 e. The maximum absolute atomic E-state index is 5.87. The Hall–Kier alpha value is -0.570.